The van der Waals surface area contributed by atoms with Gasteiger partial charge in [-0.3, -0.25) is 4.79 Å². The second kappa shape index (κ2) is 7.46. The van der Waals surface area contributed by atoms with E-state index < -0.39 is 5.54 Å². The lowest BCUT2D eigenvalue weighted by Crippen LogP contribution is -2.53. The van der Waals surface area contributed by atoms with Gasteiger partial charge in [-0.15, -0.1) is 11.3 Å². The summed E-state index contributed by atoms with van der Waals surface area (Å²) in [5.41, 5.74) is 15.3. The largest absolute Gasteiger partial charge is 0.495 e. The van der Waals surface area contributed by atoms with Crippen molar-refractivity contribution in [1.82, 2.24) is 19.5 Å². The number of hydrogen-bond donors (Lipinski definition) is 2. The number of anilines is 1. The maximum absolute atomic E-state index is 13.5. The first kappa shape index (κ1) is 20.7. The molecular weight excluding hydrogens is 424 g/mol. The lowest BCUT2D eigenvalue weighted by atomic mass is 9.92. The third-order valence-corrected chi connectivity index (χ3v) is 7.23. The number of aromatic nitrogens is 3. The number of hydrogen-bond acceptors (Lipinski definition) is 7. The van der Waals surface area contributed by atoms with Crippen LogP contribution in [-0.2, 0) is 0 Å². The molecule has 0 bridgehead atoms. The van der Waals surface area contributed by atoms with Crippen LogP contribution in [-0.4, -0.2) is 51.1 Å². The number of carbonyl (C=O) groups is 1. The smallest absolute Gasteiger partial charge is 0.272 e. The van der Waals surface area contributed by atoms with E-state index in [2.05, 4.69) is 22.2 Å². The van der Waals surface area contributed by atoms with E-state index in [1.807, 2.05) is 30.9 Å². The summed E-state index contributed by atoms with van der Waals surface area (Å²) in [5.74, 6) is 1.06. The van der Waals surface area contributed by atoms with Crippen molar-refractivity contribution in [2.75, 3.05) is 25.9 Å². The van der Waals surface area contributed by atoms with Gasteiger partial charge in [-0.2, -0.15) is 5.10 Å². The van der Waals surface area contributed by atoms with E-state index in [-0.39, 0.29) is 5.91 Å². The van der Waals surface area contributed by atoms with Crippen molar-refractivity contribution in [3.8, 4) is 16.2 Å². The minimum absolute atomic E-state index is 0.102. The molecule has 0 aliphatic carbocycles. The Kier molecular flexibility index (Phi) is 4.83. The van der Waals surface area contributed by atoms with Crippen LogP contribution in [0.2, 0.25) is 0 Å². The zero-order valence-corrected chi connectivity index (χ0v) is 19.2. The SMILES string of the molecule is COc1cc(C)cc2cc(-c3cc(C(=O)N4CCC[C@](C)(N)C4)n4ncnc(N)c34)sc12. The molecular formula is C23H26N6O2S. The fourth-order valence-electron chi connectivity index (χ4n) is 4.56. The van der Waals surface area contributed by atoms with Crippen molar-refractivity contribution in [2.45, 2.75) is 32.2 Å². The molecule has 4 heterocycles. The summed E-state index contributed by atoms with van der Waals surface area (Å²) in [4.78, 5) is 20.5. The molecule has 1 aliphatic rings. The Bertz CT molecular complexity index is 1360. The average Bonchev–Trinajstić information content (AvgIpc) is 3.34. The third-order valence-electron chi connectivity index (χ3n) is 6.03. The van der Waals surface area contributed by atoms with Crippen molar-refractivity contribution < 1.29 is 9.53 Å². The Hall–Kier alpha value is -3.17. The molecule has 8 nitrogen and oxygen atoms in total. The molecule has 3 aromatic heterocycles. The molecule has 1 aliphatic heterocycles. The summed E-state index contributed by atoms with van der Waals surface area (Å²) in [7, 11) is 1.67. The fraction of sp³-hybridized carbons (Fsp3) is 0.348. The summed E-state index contributed by atoms with van der Waals surface area (Å²) in [6, 6.07) is 8.11. The van der Waals surface area contributed by atoms with Crippen molar-refractivity contribution in [3.05, 3.63) is 41.9 Å². The lowest BCUT2D eigenvalue weighted by Gasteiger charge is -2.37. The van der Waals surface area contributed by atoms with Crippen LogP contribution < -0.4 is 16.2 Å². The van der Waals surface area contributed by atoms with Crippen LogP contribution in [0.3, 0.4) is 0 Å². The number of methoxy groups -OCH3 is 1. The Balaban J connectivity index is 1.67. The molecule has 0 unspecified atom stereocenters. The van der Waals surface area contributed by atoms with E-state index in [0.29, 0.717) is 30.1 Å². The number of amides is 1. The van der Waals surface area contributed by atoms with Crippen LogP contribution in [0.5, 0.6) is 5.75 Å². The van der Waals surface area contributed by atoms with E-state index >= 15 is 0 Å². The topological polar surface area (TPSA) is 112 Å². The van der Waals surface area contributed by atoms with Gasteiger partial charge in [-0.25, -0.2) is 9.50 Å². The van der Waals surface area contributed by atoms with Gasteiger partial charge in [0.25, 0.3) is 5.91 Å². The van der Waals surface area contributed by atoms with Crippen molar-refractivity contribution in [3.63, 3.8) is 0 Å². The summed E-state index contributed by atoms with van der Waals surface area (Å²) < 4.78 is 8.25. The van der Waals surface area contributed by atoms with Gasteiger partial charge >= 0.3 is 0 Å². The van der Waals surface area contributed by atoms with Crippen LogP contribution in [0, 0.1) is 6.92 Å². The number of nitrogen functional groups attached to an aromatic ring is 1. The molecule has 0 saturated carbocycles. The Labute approximate surface area is 189 Å². The fourth-order valence-corrected chi connectivity index (χ4v) is 5.71. The van der Waals surface area contributed by atoms with Crippen LogP contribution in [0.15, 0.2) is 30.6 Å². The summed E-state index contributed by atoms with van der Waals surface area (Å²) in [6.07, 6.45) is 3.15. The minimum Gasteiger partial charge on any atom is -0.495 e. The molecule has 4 aromatic rings. The molecule has 1 fully saturated rings. The number of ether oxygens (including phenoxy) is 1. The van der Waals surface area contributed by atoms with Gasteiger partial charge in [-0.1, -0.05) is 6.07 Å². The highest BCUT2D eigenvalue weighted by atomic mass is 32.1. The Morgan fingerprint density at radius 2 is 2.09 bits per heavy atom. The number of piperidine rings is 1. The number of nitrogens with two attached hydrogens (primary N) is 2. The van der Waals surface area contributed by atoms with E-state index in [4.69, 9.17) is 16.2 Å². The number of fused-ring (bicyclic) bond motifs is 2. The highest BCUT2D eigenvalue weighted by molar-refractivity contribution is 7.22. The molecule has 4 N–H and O–H groups in total. The first-order valence-corrected chi connectivity index (χ1v) is 11.4. The number of nitrogens with zero attached hydrogens (tertiary/aromatic N) is 4. The molecule has 1 saturated heterocycles. The van der Waals surface area contributed by atoms with Gasteiger partial charge in [0, 0.05) is 29.1 Å². The standard InChI is InChI=1S/C23H26N6O2S/c1-13-7-14-9-18(32-20(14)17(8-13)31-3)15-10-16(29-19(15)21(24)26-12-27-29)22(30)28-6-4-5-23(2,25)11-28/h7-10,12H,4-6,11,25H2,1-3H3,(H2,24,26,27)/t23-/m0/s1. The van der Waals surface area contributed by atoms with E-state index in [0.717, 1.165) is 44.7 Å². The molecule has 1 amide bonds. The number of rotatable bonds is 3. The molecule has 1 aromatic carbocycles. The van der Waals surface area contributed by atoms with E-state index in [1.165, 1.54) is 6.33 Å². The Morgan fingerprint density at radius 3 is 2.84 bits per heavy atom. The quantitative estimate of drug-likeness (QED) is 0.494. The van der Waals surface area contributed by atoms with Crippen LogP contribution in [0.25, 0.3) is 26.0 Å². The number of likely N-dealkylation sites (tertiary alicyclic amines) is 1. The third kappa shape index (κ3) is 3.37. The molecule has 166 valence electrons. The van der Waals surface area contributed by atoms with Gasteiger partial charge in [0.05, 0.1) is 11.8 Å². The number of benzene rings is 1. The van der Waals surface area contributed by atoms with E-state index in [9.17, 15) is 4.79 Å². The zero-order valence-electron chi connectivity index (χ0n) is 18.4. The molecule has 9 heteroatoms. The highest BCUT2D eigenvalue weighted by Gasteiger charge is 2.32. The van der Waals surface area contributed by atoms with Crippen LogP contribution in [0.4, 0.5) is 5.82 Å². The highest BCUT2D eigenvalue weighted by Crippen LogP contribution is 2.42. The van der Waals surface area contributed by atoms with Gasteiger partial charge in [-0.05, 0) is 55.8 Å². The van der Waals surface area contributed by atoms with Crippen molar-refractivity contribution in [1.29, 1.82) is 0 Å². The number of thiophene rings is 1. The Morgan fingerprint density at radius 1 is 1.28 bits per heavy atom. The second-order valence-corrected chi connectivity index (χ2v) is 9.88. The molecule has 1 atom stereocenters. The lowest BCUT2D eigenvalue weighted by molar-refractivity contribution is 0.0648. The van der Waals surface area contributed by atoms with Crippen molar-refractivity contribution in [2.24, 2.45) is 5.73 Å². The van der Waals surface area contributed by atoms with Crippen LogP contribution >= 0.6 is 11.3 Å². The summed E-state index contributed by atoms with van der Waals surface area (Å²) >= 11 is 1.60. The molecule has 32 heavy (non-hydrogen) atoms. The first-order valence-electron chi connectivity index (χ1n) is 10.6. The molecule has 0 spiro atoms. The maximum atomic E-state index is 13.5. The monoisotopic (exact) mass is 450 g/mol. The van der Waals surface area contributed by atoms with Gasteiger partial charge in [0.2, 0.25) is 0 Å². The van der Waals surface area contributed by atoms with E-state index in [1.54, 1.807) is 23.0 Å². The van der Waals surface area contributed by atoms with Gasteiger partial charge in [0.1, 0.15) is 23.3 Å². The summed E-state index contributed by atoms with van der Waals surface area (Å²) in [5, 5.41) is 5.45. The molecule has 5 rings (SSSR count). The first-order chi connectivity index (χ1) is 15.3. The van der Waals surface area contributed by atoms with Gasteiger partial charge in [0.15, 0.2) is 5.82 Å². The average molecular weight is 451 g/mol. The second-order valence-electron chi connectivity index (χ2n) is 8.83. The maximum Gasteiger partial charge on any atom is 0.272 e. The predicted molar refractivity (Wildman–Crippen MR) is 127 cm³/mol. The zero-order chi connectivity index (χ0) is 22.6. The van der Waals surface area contributed by atoms with Crippen molar-refractivity contribution >= 4 is 38.7 Å². The van der Waals surface area contributed by atoms with Crippen LogP contribution in [0.1, 0.15) is 35.8 Å². The normalized spacial score (nSPS) is 19.1. The van der Waals surface area contributed by atoms with Gasteiger partial charge < -0.3 is 21.1 Å². The number of aryl methyl sites for hydroxylation is 1. The minimum atomic E-state index is -0.391. The summed E-state index contributed by atoms with van der Waals surface area (Å²) in [6.45, 7) is 5.21. The predicted octanol–water partition coefficient (Wildman–Crippen LogP) is 3.46. The molecule has 0 radical (unpaired) electrons. The number of carbonyl (C=O) groups excluding carboxylic acids is 1.